The minimum absolute atomic E-state index is 0.844. The Labute approximate surface area is 111 Å². The predicted octanol–water partition coefficient (Wildman–Crippen LogP) is 2.01. The topological polar surface area (TPSA) is 31.2 Å². The third kappa shape index (κ3) is 3.72. The first-order valence-electron chi connectivity index (χ1n) is 7.26. The summed E-state index contributed by atoms with van der Waals surface area (Å²) in [6.45, 7) is 4.01. The molecule has 0 aromatic carbocycles. The average molecular weight is 250 g/mol. The second-order valence-corrected chi connectivity index (χ2v) is 5.35. The highest BCUT2D eigenvalue weighted by atomic mass is 15.2. The van der Waals surface area contributed by atoms with Crippen molar-refractivity contribution in [2.24, 2.45) is 9.98 Å². The van der Waals surface area contributed by atoms with E-state index in [0.29, 0.717) is 0 Å². The fourth-order valence-corrected chi connectivity index (χ4v) is 2.66. The van der Waals surface area contributed by atoms with Crippen LogP contribution in [0.2, 0.25) is 0 Å². The zero-order valence-corrected chi connectivity index (χ0v) is 11.9. The van der Waals surface area contributed by atoms with Gasteiger partial charge >= 0.3 is 0 Å². The molecular weight excluding hydrogens is 224 g/mol. The Balaban J connectivity index is 1.77. The molecule has 2 aliphatic heterocycles. The van der Waals surface area contributed by atoms with Crippen LogP contribution in [0.3, 0.4) is 0 Å². The molecule has 4 heteroatoms. The number of rotatable bonds is 3. The Morgan fingerprint density at radius 2 is 1.22 bits per heavy atom. The molecule has 0 spiro atoms. The molecule has 102 valence electrons. The number of aliphatic imine (C=N–C) groups is 2. The lowest BCUT2D eigenvalue weighted by atomic mass is 10.1. The van der Waals surface area contributed by atoms with Gasteiger partial charge in [0.2, 0.25) is 0 Å². The van der Waals surface area contributed by atoms with Crippen molar-refractivity contribution in [1.82, 2.24) is 9.80 Å². The average Bonchev–Trinajstić information content (AvgIpc) is 2.38. The Morgan fingerprint density at radius 3 is 1.61 bits per heavy atom. The molecule has 2 aliphatic rings. The van der Waals surface area contributed by atoms with Crippen molar-refractivity contribution in [3.05, 3.63) is 0 Å². The third-order valence-electron chi connectivity index (χ3n) is 3.86. The second kappa shape index (κ2) is 6.76. The first kappa shape index (κ1) is 13.4. The van der Waals surface area contributed by atoms with Gasteiger partial charge in [0, 0.05) is 40.0 Å². The molecule has 0 amide bonds. The molecule has 0 saturated carbocycles. The summed E-state index contributed by atoms with van der Waals surface area (Å²) in [6, 6.07) is 0. The lowest BCUT2D eigenvalue weighted by Crippen LogP contribution is -2.32. The third-order valence-corrected chi connectivity index (χ3v) is 3.86. The quantitative estimate of drug-likeness (QED) is 0.718. The fourth-order valence-electron chi connectivity index (χ4n) is 2.66. The van der Waals surface area contributed by atoms with E-state index < -0.39 is 0 Å². The van der Waals surface area contributed by atoms with Crippen molar-refractivity contribution in [2.45, 2.75) is 38.5 Å². The van der Waals surface area contributed by atoms with Gasteiger partial charge in [-0.3, -0.25) is 9.98 Å². The van der Waals surface area contributed by atoms with Crippen LogP contribution in [0.4, 0.5) is 0 Å². The van der Waals surface area contributed by atoms with Crippen LogP contribution < -0.4 is 0 Å². The molecule has 0 aliphatic carbocycles. The van der Waals surface area contributed by atoms with Gasteiger partial charge in [0.25, 0.3) is 0 Å². The summed E-state index contributed by atoms with van der Waals surface area (Å²) in [7, 11) is 4.30. The highest BCUT2D eigenvalue weighted by Crippen LogP contribution is 2.11. The largest absolute Gasteiger partial charge is 0.363 e. The van der Waals surface area contributed by atoms with E-state index in [2.05, 4.69) is 23.9 Å². The number of likely N-dealkylation sites (tertiary alicyclic amines) is 2. The summed E-state index contributed by atoms with van der Waals surface area (Å²) in [5, 5.41) is 0. The number of nitrogens with zero attached hydrogens (tertiary/aromatic N) is 4. The minimum atomic E-state index is 0.844. The van der Waals surface area contributed by atoms with Gasteiger partial charge in [0.15, 0.2) is 0 Å². The Bertz CT molecular complexity index is 290. The number of hydrogen-bond donors (Lipinski definition) is 0. The first-order chi connectivity index (χ1) is 8.77. The maximum absolute atomic E-state index is 4.69. The van der Waals surface area contributed by atoms with Crippen LogP contribution in [0.5, 0.6) is 0 Å². The van der Waals surface area contributed by atoms with Crippen LogP contribution in [0.25, 0.3) is 0 Å². The molecule has 2 rings (SSSR count). The highest BCUT2D eigenvalue weighted by Gasteiger charge is 2.12. The van der Waals surface area contributed by atoms with Crippen LogP contribution in [0.15, 0.2) is 9.98 Å². The van der Waals surface area contributed by atoms with Crippen molar-refractivity contribution >= 4 is 11.7 Å². The molecule has 2 saturated heterocycles. The second-order valence-electron chi connectivity index (χ2n) is 5.35. The Morgan fingerprint density at radius 1 is 0.778 bits per heavy atom. The zero-order chi connectivity index (χ0) is 12.8. The van der Waals surface area contributed by atoms with Gasteiger partial charge in [-0.15, -0.1) is 0 Å². The summed E-state index contributed by atoms with van der Waals surface area (Å²) >= 11 is 0. The lowest BCUT2D eigenvalue weighted by molar-refractivity contribution is 0.429. The van der Waals surface area contributed by atoms with Gasteiger partial charge < -0.3 is 9.80 Å². The van der Waals surface area contributed by atoms with Crippen LogP contribution in [0, 0.1) is 0 Å². The Kier molecular flexibility index (Phi) is 5.02. The molecule has 4 nitrogen and oxygen atoms in total. The fraction of sp³-hybridized carbons (Fsp3) is 0.857. The maximum Gasteiger partial charge on any atom is 0.0987 e. The van der Waals surface area contributed by atoms with Gasteiger partial charge in [0.1, 0.15) is 0 Å². The van der Waals surface area contributed by atoms with Gasteiger partial charge in [-0.25, -0.2) is 0 Å². The normalized spacial score (nSPS) is 26.1. The van der Waals surface area contributed by atoms with Crippen LogP contribution in [0.1, 0.15) is 38.5 Å². The van der Waals surface area contributed by atoms with Gasteiger partial charge in [-0.1, -0.05) is 0 Å². The van der Waals surface area contributed by atoms with Crippen molar-refractivity contribution in [3.63, 3.8) is 0 Å². The van der Waals surface area contributed by atoms with Gasteiger partial charge in [-0.05, 0) is 25.7 Å². The van der Waals surface area contributed by atoms with E-state index in [1.54, 1.807) is 0 Å². The predicted molar refractivity (Wildman–Crippen MR) is 77.6 cm³/mol. The summed E-state index contributed by atoms with van der Waals surface area (Å²) < 4.78 is 0. The van der Waals surface area contributed by atoms with Crippen LogP contribution in [-0.2, 0) is 0 Å². The number of piperidine rings is 2. The van der Waals surface area contributed by atoms with E-state index >= 15 is 0 Å². The van der Waals surface area contributed by atoms with Crippen molar-refractivity contribution in [2.75, 3.05) is 40.3 Å². The smallest absolute Gasteiger partial charge is 0.0987 e. The van der Waals surface area contributed by atoms with Crippen LogP contribution >= 0.6 is 0 Å². The summed E-state index contributed by atoms with van der Waals surface area (Å²) in [4.78, 5) is 14.0. The molecule has 2 fully saturated rings. The molecule has 2 heterocycles. The maximum atomic E-state index is 4.69. The van der Waals surface area contributed by atoms with Crippen molar-refractivity contribution in [1.29, 1.82) is 0 Å². The van der Waals surface area contributed by atoms with E-state index in [4.69, 9.17) is 9.98 Å². The standard InChI is InChI=1S/C14H26N4/c1-17-11-5-3-7-13(17)15-9-10-16-14-8-4-6-12-18(14)2/h3-12H2,1-2H3. The molecule has 18 heavy (non-hydrogen) atoms. The zero-order valence-electron chi connectivity index (χ0n) is 11.9. The molecule has 0 bridgehead atoms. The minimum Gasteiger partial charge on any atom is -0.363 e. The summed E-state index contributed by atoms with van der Waals surface area (Å²) in [5.74, 6) is 2.55. The first-order valence-corrected chi connectivity index (χ1v) is 7.26. The van der Waals surface area contributed by atoms with Crippen LogP contribution in [-0.4, -0.2) is 61.7 Å². The molecule has 0 aromatic heterocycles. The van der Waals surface area contributed by atoms with E-state index in [-0.39, 0.29) is 0 Å². The molecule has 0 aromatic rings. The monoisotopic (exact) mass is 250 g/mol. The van der Waals surface area contributed by atoms with E-state index in [9.17, 15) is 0 Å². The van der Waals surface area contributed by atoms with Gasteiger partial charge in [0.05, 0.1) is 24.8 Å². The van der Waals surface area contributed by atoms with Gasteiger partial charge in [-0.2, -0.15) is 0 Å². The van der Waals surface area contributed by atoms with E-state index in [0.717, 1.165) is 39.0 Å². The molecule has 0 N–H and O–H groups in total. The van der Waals surface area contributed by atoms with E-state index in [1.807, 2.05) is 0 Å². The number of hydrogen-bond acceptors (Lipinski definition) is 2. The summed E-state index contributed by atoms with van der Waals surface area (Å²) in [6.07, 6.45) is 7.49. The lowest BCUT2D eigenvalue weighted by Gasteiger charge is -2.26. The molecular formula is C14H26N4. The Hall–Kier alpha value is -1.06. The van der Waals surface area contributed by atoms with Crippen molar-refractivity contribution < 1.29 is 0 Å². The SMILES string of the molecule is CN1CCCCC1=NCCN=C1CCCCN1C. The van der Waals surface area contributed by atoms with Crippen molar-refractivity contribution in [3.8, 4) is 0 Å². The molecule has 0 unspecified atom stereocenters. The summed E-state index contributed by atoms with van der Waals surface area (Å²) in [5.41, 5.74) is 0. The van der Waals surface area contributed by atoms with E-state index in [1.165, 1.54) is 37.4 Å². The molecule has 0 atom stereocenters. The highest BCUT2D eigenvalue weighted by molar-refractivity contribution is 5.83. The number of amidine groups is 2. The molecule has 0 radical (unpaired) electrons.